The van der Waals surface area contributed by atoms with Crippen LogP contribution in [-0.4, -0.2) is 32.9 Å². The predicted octanol–water partition coefficient (Wildman–Crippen LogP) is 3.24. The maximum atomic E-state index is 13.3. The molecule has 3 N–H and O–H groups in total. The molecule has 0 atom stereocenters. The molecule has 0 unspecified atom stereocenters. The largest absolute Gasteiger partial charge is 0.481 e. The molecule has 2 amide bonds. The number of aromatic nitrogens is 2. The van der Waals surface area contributed by atoms with Crippen molar-refractivity contribution in [1.82, 2.24) is 15.1 Å². The number of hydrogen-bond donors (Lipinski definition) is 3. The van der Waals surface area contributed by atoms with E-state index < -0.39 is 18.4 Å². The number of carbonyl (C=O) groups is 2. The van der Waals surface area contributed by atoms with Crippen LogP contribution in [0.2, 0.25) is 0 Å². The second-order valence-electron chi connectivity index (χ2n) is 6.81. The molecule has 2 rings (SSSR count). The van der Waals surface area contributed by atoms with Crippen molar-refractivity contribution >= 4 is 17.7 Å². The molecule has 0 bridgehead atoms. The Morgan fingerprint density at radius 1 is 1.32 bits per heavy atom. The lowest BCUT2D eigenvalue weighted by atomic mass is 9.86. The van der Waals surface area contributed by atoms with E-state index in [1.165, 1.54) is 10.9 Å². The highest BCUT2D eigenvalue weighted by Crippen LogP contribution is 2.28. The molecule has 140 valence electrons. The summed E-state index contributed by atoms with van der Waals surface area (Å²) >= 11 is 0. The summed E-state index contributed by atoms with van der Waals surface area (Å²) in [6.07, 6.45) is 0.578. The number of halogens is 2. The summed E-state index contributed by atoms with van der Waals surface area (Å²) in [5.74, 6) is -1.05. The summed E-state index contributed by atoms with van der Waals surface area (Å²) in [6.45, 7) is 4.12. The van der Waals surface area contributed by atoms with Crippen LogP contribution >= 0.6 is 0 Å². The van der Waals surface area contributed by atoms with Crippen molar-refractivity contribution in [2.45, 2.75) is 58.5 Å². The molecule has 0 aromatic carbocycles. The Hall–Kier alpha value is -2.19. The minimum absolute atomic E-state index is 0.00706. The molecule has 1 aliphatic carbocycles. The third-order valence-electron chi connectivity index (χ3n) is 4.28. The molecule has 0 radical (unpaired) electrons. The van der Waals surface area contributed by atoms with Crippen molar-refractivity contribution < 1.29 is 23.5 Å². The molecule has 1 aromatic heterocycles. The van der Waals surface area contributed by atoms with Gasteiger partial charge < -0.3 is 15.7 Å². The van der Waals surface area contributed by atoms with Gasteiger partial charge in [-0.3, -0.25) is 9.48 Å². The van der Waals surface area contributed by atoms with Crippen molar-refractivity contribution in [1.29, 1.82) is 0 Å². The first-order chi connectivity index (χ1) is 11.8. The van der Waals surface area contributed by atoms with Crippen LogP contribution in [0.3, 0.4) is 0 Å². The van der Waals surface area contributed by atoms with Gasteiger partial charge in [-0.15, -0.1) is 0 Å². The standard InChI is InChI=1S/C16H24F2N4O3/c1-9(2)8-22-13(14(17)18)12(7-19-22)21-16(25)20-11-5-3-10(4-6-11)15(23)24/h7,9-11,14H,3-6,8H2,1-2H3,(H,23,24)(H2,20,21,25). The van der Waals surface area contributed by atoms with E-state index in [0.29, 0.717) is 32.2 Å². The lowest BCUT2D eigenvalue weighted by Gasteiger charge is -2.26. The Bertz CT molecular complexity index is 611. The Labute approximate surface area is 144 Å². The van der Waals surface area contributed by atoms with Gasteiger partial charge in [0.1, 0.15) is 5.69 Å². The summed E-state index contributed by atoms with van der Waals surface area (Å²) < 4.78 is 27.8. The number of rotatable bonds is 6. The molecule has 0 spiro atoms. The monoisotopic (exact) mass is 358 g/mol. The number of anilines is 1. The van der Waals surface area contributed by atoms with Crippen LogP contribution in [0.5, 0.6) is 0 Å². The van der Waals surface area contributed by atoms with Crippen molar-refractivity contribution in [2.75, 3.05) is 5.32 Å². The third kappa shape index (κ3) is 5.14. The topological polar surface area (TPSA) is 96.3 Å². The van der Waals surface area contributed by atoms with Gasteiger partial charge in [-0.1, -0.05) is 13.8 Å². The molecular formula is C16H24F2N4O3. The van der Waals surface area contributed by atoms with E-state index in [0.717, 1.165) is 0 Å². The number of carboxylic acids is 1. The molecule has 1 saturated carbocycles. The number of hydrogen-bond acceptors (Lipinski definition) is 3. The van der Waals surface area contributed by atoms with Gasteiger partial charge in [0.2, 0.25) is 0 Å². The number of urea groups is 1. The van der Waals surface area contributed by atoms with Crippen LogP contribution in [0.25, 0.3) is 0 Å². The SMILES string of the molecule is CC(C)Cn1ncc(NC(=O)NC2CCC(C(=O)O)CC2)c1C(F)F. The summed E-state index contributed by atoms with van der Waals surface area (Å²) in [5.41, 5.74) is -0.314. The number of aliphatic carboxylic acids is 1. The minimum atomic E-state index is -2.75. The molecule has 0 aliphatic heterocycles. The Kier molecular flexibility index (Phi) is 6.33. The van der Waals surface area contributed by atoms with Gasteiger partial charge >= 0.3 is 12.0 Å². The van der Waals surface area contributed by atoms with Crippen molar-refractivity contribution in [2.24, 2.45) is 11.8 Å². The fourth-order valence-electron chi connectivity index (χ4n) is 3.04. The number of alkyl halides is 2. The van der Waals surface area contributed by atoms with E-state index in [1.54, 1.807) is 0 Å². The van der Waals surface area contributed by atoms with Gasteiger partial charge in [0.05, 0.1) is 17.8 Å². The van der Waals surface area contributed by atoms with Gasteiger partial charge in [0, 0.05) is 12.6 Å². The Balaban J connectivity index is 1.94. The van der Waals surface area contributed by atoms with Gasteiger partial charge in [-0.25, -0.2) is 13.6 Å². The van der Waals surface area contributed by atoms with Gasteiger partial charge in [-0.05, 0) is 31.6 Å². The van der Waals surface area contributed by atoms with Crippen LogP contribution in [0.4, 0.5) is 19.3 Å². The Morgan fingerprint density at radius 3 is 2.48 bits per heavy atom. The number of carbonyl (C=O) groups excluding carboxylic acids is 1. The molecule has 9 heteroatoms. The van der Waals surface area contributed by atoms with Crippen LogP contribution in [0.15, 0.2) is 6.20 Å². The second-order valence-corrected chi connectivity index (χ2v) is 6.81. The first kappa shape index (κ1) is 19.1. The lowest BCUT2D eigenvalue weighted by molar-refractivity contribution is -0.142. The number of nitrogens with zero attached hydrogens (tertiary/aromatic N) is 2. The highest BCUT2D eigenvalue weighted by molar-refractivity contribution is 5.90. The van der Waals surface area contributed by atoms with Crippen LogP contribution in [0.1, 0.15) is 51.7 Å². The first-order valence-corrected chi connectivity index (χ1v) is 8.42. The van der Waals surface area contributed by atoms with Gasteiger partial charge in [0.15, 0.2) is 0 Å². The fourth-order valence-corrected chi connectivity index (χ4v) is 3.04. The van der Waals surface area contributed by atoms with E-state index in [-0.39, 0.29) is 29.3 Å². The molecular weight excluding hydrogens is 334 g/mol. The molecule has 25 heavy (non-hydrogen) atoms. The first-order valence-electron chi connectivity index (χ1n) is 8.42. The van der Waals surface area contributed by atoms with Crippen LogP contribution in [-0.2, 0) is 11.3 Å². The fraction of sp³-hybridized carbons (Fsp3) is 0.688. The lowest BCUT2D eigenvalue weighted by Crippen LogP contribution is -2.41. The second kappa shape index (κ2) is 8.26. The van der Waals surface area contributed by atoms with E-state index in [1.807, 2.05) is 13.8 Å². The van der Waals surface area contributed by atoms with Gasteiger partial charge in [0.25, 0.3) is 6.43 Å². The zero-order valence-electron chi connectivity index (χ0n) is 14.3. The number of carboxylic acid groups (broad SMARTS) is 1. The summed E-state index contributed by atoms with van der Waals surface area (Å²) in [4.78, 5) is 23.0. The van der Waals surface area contributed by atoms with Crippen molar-refractivity contribution in [3.05, 3.63) is 11.9 Å². The smallest absolute Gasteiger partial charge is 0.319 e. The van der Waals surface area contributed by atoms with E-state index >= 15 is 0 Å². The summed E-state index contributed by atoms with van der Waals surface area (Å²) in [7, 11) is 0. The number of amides is 2. The highest BCUT2D eigenvalue weighted by atomic mass is 19.3. The van der Waals surface area contributed by atoms with Crippen LogP contribution < -0.4 is 10.6 Å². The molecule has 1 aromatic rings. The molecule has 7 nitrogen and oxygen atoms in total. The molecule has 0 saturated heterocycles. The predicted molar refractivity (Wildman–Crippen MR) is 87.6 cm³/mol. The van der Waals surface area contributed by atoms with Crippen molar-refractivity contribution in [3.63, 3.8) is 0 Å². The van der Waals surface area contributed by atoms with E-state index in [2.05, 4.69) is 15.7 Å². The maximum absolute atomic E-state index is 13.3. The van der Waals surface area contributed by atoms with E-state index in [4.69, 9.17) is 5.11 Å². The average molecular weight is 358 g/mol. The maximum Gasteiger partial charge on any atom is 0.319 e. The molecule has 1 heterocycles. The zero-order chi connectivity index (χ0) is 18.6. The molecule has 1 aliphatic rings. The summed E-state index contributed by atoms with van der Waals surface area (Å²) in [5, 5.41) is 18.1. The zero-order valence-corrected chi connectivity index (χ0v) is 14.3. The number of nitrogens with one attached hydrogen (secondary N) is 2. The van der Waals surface area contributed by atoms with Crippen molar-refractivity contribution in [3.8, 4) is 0 Å². The normalized spacial score (nSPS) is 20.7. The van der Waals surface area contributed by atoms with E-state index in [9.17, 15) is 18.4 Å². The average Bonchev–Trinajstić information content (AvgIpc) is 2.89. The van der Waals surface area contributed by atoms with Crippen LogP contribution in [0, 0.1) is 11.8 Å². The highest BCUT2D eigenvalue weighted by Gasteiger charge is 2.27. The minimum Gasteiger partial charge on any atom is -0.481 e. The third-order valence-corrected chi connectivity index (χ3v) is 4.28. The molecule has 1 fully saturated rings. The Morgan fingerprint density at radius 2 is 1.96 bits per heavy atom. The quantitative estimate of drug-likeness (QED) is 0.727. The summed E-state index contributed by atoms with van der Waals surface area (Å²) in [6, 6.07) is -0.735. The van der Waals surface area contributed by atoms with Gasteiger partial charge in [-0.2, -0.15) is 5.10 Å².